The fourth-order valence-corrected chi connectivity index (χ4v) is 2.72. The Balaban J connectivity index is 2.30. The predicted octanol–water partition coefficient (Wildman–Crippen LogP) is 3.23. The van der Waals surface area contributed by atoms with Crippen molar-refractivity contribution in [1.29, 1.82) is 0 Å². The van der Waals surface area contributed by atoms with Crippen LogP contribution in [0.2, 0.25) is 0 Å². The van der Waals surface area contributed by atoms with Gasteiger partial charge in [-0.05, 0) is 37.3 Å². The van der Waals surface area contributed by atoms with E-state index in [0.29, 0.717) is 0 Å². The minimum Gasteiger partial charge on any atom is -0.313 e. The molecule has 0 fully saturated rings. The molecule has 1 N–H and O–H groups in total. The molecule has 0 aromatic heterocycles. The van der Waals surface area contributed by atoms with Crippen molar-refractivity contribution in [3.05, 3.63) is 29.8 Å². The van der Waals surface area contributed by atoms with Crippen molar-refractivity contribution in [3.8, 4) is 0 Å². The van der Waals surface area contributed by atoms with Crippen LogP contribution >= 0.6 is 11.8 Å². The smallest absolute Gasteiger partial charge is 0.0205 e. The van der Waals surface area contributed by atoms with E-state index in [4.69, 9.17) is 0 Å². The van der Waals surface area contributed by atoms with Gasteiger partial charge in [-0.1, -0.05) is 32.9 Å². The first-order valence-electron chi connectivity index (χ1n) is 6.94. The number of hydrogen-bond acceptors (Lipinski definition) is 3. The third-order valence-electron chi connectivity index (χ3n) is 3.07. The maximum atomic E-state index is 3.34. The van der Waals surface area contributed by atoms with Gasteiger partial charge in [0.2, 0.25) is 0 Å². The lowest BCUT2D eigenvalue weighted by Crippen LogP contribution is -2.25. The lowest BCUT2D eigenvalue weighted by Gasteiger charge is -2.17. The SMILES string of the molecule is CCNCc1ccc(SCCN(CC)CC)cc1. The molecular weight excluding hydrogens is 240 g/mol. The van der Waals surface area contributed by atoms with Crippen LogP contribution in [0.3, 0.4) is 0 Å². The van der Waals surface area contributed by atoms with E-state index in [-0.39, 0.29) is 0 Å². The van der Waals surface area contributed by atoms with Crippen LogP contribution in [0.4, 0.5) is 0 Å². The Morgan fingerprint density at radius 2 is 1.72 bits per heavy atom. The quantitative estimate of drug-likeness (QED) is 0.691. The largest absolute Gasteiger partial charge is 0.313 e. The number of nitrogens with one attached hydrogen (secondary N) is 1. The van der Waals surface area contributed by atoms with Crippen molar-refractivity contribution in [3.63, 3.8) is 0 Å². The Kier molecular flexibility index (Phi) is 8.14. The summed E-state index contributed by atoms with van der Waals surface area (Å²) in [5.74, 6) is 1.17. The van der Waals surface area contributed by atoms with Gasteiger partial charge in [-0.3, -0.25) is 0 Å². The lowest BCUT2D eigenvalue weighted by atomic mass is 10.2. The Hall–Kier alpha value is -0.510. The molecule has 0 saturated heterocycles. The van der Waals surface area contributed by atoms with Gasteiger partial charge in [0.1, 0.15) is 0 Å². The molecule has 1 rings (SSSR count). The molecule has 0 bridgehead atoms. The molecule has 0 saturated carbocycles. The molecule has 0 heterocycles. The van der Waals surface area contributed by atoms with Gasteiger partial charge in [-0.25, -0.2) is 0 Å². The summed E-state index contributed by atoms with van der Waals surface area (Å²) < 4.78 is 0. The highest BCUT2D eigenvalue weighted by atomic mass is 32.2. The maximum Gasteiger partial charge on any atom is 0.0205 e. The summed E-state index contributed by atoms with van der Waals surface area (Å²) in [6.45, 7) is 12.1. The van der Waals surface area contributed by atoms with Gasteiger partial charge in [0.25, 0.3) is 0 Å². The fourth-order valence-electron chi connectivity index (χ4n) is 1.81. The van der Waals surface area contributed by atoms with Crippen LogP contribution in [-0.4, -0.2) is 36.8 Å². The summed E-state index contributed by atoms with van der Waals surface area (Å²) in [4.78, 5) is 3.84. The van der Waals surface area contributed by atoms with E-state index in [1.165, 1.54) is 22.8 Å². The van der Waals surface area contributed by atoms with E-state index in [1.54, 1.807) is 0 Å². The highest BCUT2D eigenvalue weighted by Crippen LogP contribution is 2.18. The molecule has 0 aliphatic rings. The van der Waals surface area contributed by atoms with Crippen LogP contribution in [-0.2, 0) is 6.54 Å². The Morgan fingerprint density at radius 3 is 2.28 bits per heavy atom. The number of rotatable bonds is 9. The van der Waals surface area contributed by atoms with Gasteiger partial charge in [0.15, 0.2) is 0 Å². The average Bonchev–Trinajstić information content (AvgIpc) is 2.42. The molecule has 18 heavy (non-hydrogen) atoms. The minimum absolute atomic E-state index is 0.973. The second-order valence-corrected chi connectivity index (χ2v) is 5.47. The van der Waals surface area contributed by atoms with Crippen molar-refractivity contribution in [2.45, 2.75) is 32.2 Å². The molecular formula is C15H26N2S. The molecule has 0 aliphatic heterocycles. The van der Waals surface area contributed by atoms with Gasteiger partial charge in [-0.15, -0.1) is 11.8 Å². The zero-order valence-electron chi connectivity index (χ0n) is 11.9. The van der Waals surface area contributed by atoms with E-state index in [0.717, 1.165) is 26.2 Å². The number of thioether (sulfide) groups is 1. The van der Waals surface area contributed by atoms with E-state index in [2.05, 4.69) is 55.3 Å². The molecule has 0 unspecified atom stereocenters. The normalized spacial score (nSPS) is 11.1. The first-order chi connectivity index (χ1) is 8.80. The third kappa shape index (κ3) is 5.89. The standard InChI is InChI=1S/C15H26N2S/c1-4-16-13-14-7-9-15(10-8-14)18-12-11-17(5-2)6-3/h7-10,16H,4-6,11-13H2,1-3H3. The highest BCUT2D eigenvalue weighted by Gasteiger charge is 2.00. The first-order valence-corrected chi connectivity index (χ1v) is 7.93. The van der Waals surface area contributed by atoms with E-state index >= 15 is 0 Å². The third-order valence-corrected chi connectivity index (χ3v) is 4.07. The van der Waals surface area contributed by atoms with E-state index in [1.807, 2.05) is 11.8 Å². The van der Waals surface area contributed by atoms with Crippen LogP contribution in [0.15, 0.2) is 29.2 Å². The van der Waals surface area contributed by atoms with E-state index in [9.17, 15) is 0 Å². The van der Waals surface area contributed by atoms with E-state index < -0.39 is 0 Å². The average molecular weight is 266 g/mol. The van der Waals surface area contributed by atoms with Crippen LogP contribution in [0.1, 0.15) is 26.3 Å². The summed E-state index contributed by atoms with van der Waals surface area (Å²) >= 11 is 1.95. The highest BCUT2D eigenvalue weighted by molar-refractivity contribution is 7.99. The second kappa shape index (κ2) is 9.42. The summed E-state index contributed by atoms with van der Waals surface area (Å²) in [7, 11) is 0. The van der Waals surface area contributed by atoms with Crippen LogP contribution < -0.4 is 5.32 Å². The number of benzene rings is 1. The first kappa shape index (κ1) is 15.5. The topological polar surface area (TPSA) is 15.3 Å². The summed E-state index contributed by atoms with van der Waals surface area (Å²) in [6, 6.07) is 8.92. The summed E-state index contributed by atoms with van der Waals surface area (Å²) in [6.07, 6.45) is 0. The van der Waals surface area contributed by atoms with Gasteiger partial charge < -0.3 is 10.2 Å². The molecule has 0 amide bonds. The predicted molar refractivity (Wildman–Crippen MR) is 82.3 cm³/mol. The van der Waals surface area contributed by atoms with Crippen LogP contribution in [0.25, 0.3) is 0 Å². The van der Waals surface area contributed by atoms with Crippen LogP contribution in [0.5, 0.6) is 0 Å². The van der Waals surface area contributed by atoms with Crippen molar-refractivity contribution < 1.29 is 0 Å². The Labute approximate surface area is 116 Å². The molecule has 2 nitrogen and oxygen atoms in total. The molecule has 0 atom stereocenters. The minimum atomic E-state index is 0.973. The van der Waals surface area contributed by atoms with Crippen molar-refractivity contribution in [2.75, 3.05) is 31.9 Å². The van der Waals surface area contributed by atoms with Gasteiger partial charge in [-0.2, -0.15) is 0 Å². The monoisotopic (exact) mass is 266 g/mol. The van der Waals surface area contributed by atoms with Crippen molar-refractivity contribution >= 4 is 11.8 Å². The summed E-state index contributed by atoms with van der Waals surface area (Å²) in [5, 5.41) is 3.34. The molecule has 1 aromatic rings. The van der Waals surface area contributed by atoms with Gasteiger partial charge in [0.05, 0.1) is 0 Å². The van der Waals surface area contributed by atoms with Gasteiger partial charge >= 0.3 is 0 Å². The molecule has 0 spiro atoms. The zero-order valence-corrected chi connectivity index (χ0v) is 12.7. The summed E-state index contributed by atoms with van der Waals surface area (Å²) in [5.41, 5.74) is 1.37. The Bertz CT molecular complexity index is 307. The number of nitrogens with zero attached hydrogens (tertiary/aromatic N) is 1. The number of hydrogen-bond donors (Lipinski definition) is 1. The van der Waals surface area contributed by atoms with Gasteiger partial charge in [0, 0.05) is 23.7 Å². The van der Waals surface area contributed by atoms with Crippen molar-refractivity contribution in [2.24, 2.45) is 0 Å². The van der Waals surface area contributed by atoms with Crippen LogP contribution in [0, 0.1) is 0 Å². The molecule has 3 heteroatoms. The molecule has 0 radical (unpaired) electrons. The molecule has 1 aromatic carbocycles. The maximum absolute atomic E-state index is 3.34. The Morgan fingerprint density at radius 1 is 1.06 bits per heavy atom. The molecule has 102 valence electrons. The van der Waals surface area contributed by atoms with Crippen molar-refractivity contribution in [1.82, 2.24) is 10.2 Å². The molecule has 0 aliphatic carbocycles. The zero-order chi connectivity index (χ0) is 13.2. The fraction of sp³-hybridized carbons (Fsp3) is 0.600. The lowest BCUT2D eigenvalue weighted by molar-refractivity contribution is 0.324. The second-order valence-electron chi connectivity index (χ2n) is 4.30.